The molecular weight excluding hydrogens is 208 g/mol. The van der Waals surface area contributed by atoms with E-state index in [1.165, 1.54) is 0 Å². The van der Waals surface area contributed by atoms with Crippen molar-refractivity contribution in [3.63, 3.8) is 0 Å². The van der Waals surface area contributed by atoms with Crippen LogP contribution in [0.15, 0.2) is 30.2 Å². The van der Waals surface area contributed by atoms with Crippen LogP contribution in [-0.2, 0) is 0 Å². The van der Waals surface area contributed by atoms with Crippen LogP contribution in [0.2, 0.25) is 0 Å². The molecule has 0 radical (unpaired) electrons. The molecule has 4 nitrogen and oxygen atoms in total. The maximum Gasteiger partial charge on any atom is 0.145 e. The predicted octanol–water partition coefficient (Wildman–Crippen LogP) is 1.98. The zero-order valence-corrected chi connectivity index (χ0v) is 8.87. The number of aromatic amines is 1. The summed E-state index contributed by atoms with van der Waals surface area (Å²) < 4.78 is 0. The van der Waals surface area contributed by atoms with Crippen molar-refractivity contribution in [3.05, 3.63) is 30.2 Å². The lowest BCUT2D eigenvalue weighted by Gasteiger charge is -2.22. The van der Waals surface area contributed by atoms with E-state index < -0.39 is 0 Å². The lowest BCUT2D eigenvalue weighted by molar-refractivity contribution is 0.986. The van der Waals surface area contributed by atoms with Crippen molar-refractivity contribution in [1.82, 2.24) is 15.0 Å². The third-order valence-electron chi connectivity index (χ3n) is 2.39. The summed E-state index contributed by atoms with van der Waals surface area (Å²) in [5.74, 6) is 2.09. The Morgan fingerprint density at radius 2 is 2.40 bits per heavy atom. The molecule has 0 atom stereocenters. The number of thioether (sulfide) groups is 1. The molecule has 15 heavy (non-hydrogen) atoms. The highest BCUT2D eigenvalue weighted by Gasteiger charge is 2.12. The quantitative estimate of drug-likeness (QED) is 0.795. The molecule has 0 saturated carbocycles. The fourth-order valence-corrected chi connectivity index (χ4v) is 2.35. The van der Waals surface area contributed by atoms with Crippen molar-refractivity contribution in [2.75, 3.05) is 17.2 Å². The number of hydrogen-bond acceptors (Lipinski definition) is 4. The van der Waals surface area contributed by atoms with Gasteiger partial charge in [-0.05, 0) is 11.5 Å². The third-order valence-corrected chi connectivity index (χ3v) is 3.12. The second kappa shape index (κ2) is 3.58. The number of nitrogens with zero attached hydrogens (tertiary/aromatic N) is 3. The fraction of sp³-hybridized carbons (Fsp3) is 0.200. The van der Waals surface area contributed by atoms with Gasteiger partial charge in [0.15, 0.2) is 0 Å². The number of aromatic nitrogens is 3. The molecule has 0 fully saturated rings. The van der Waals surface area contributed by atoms with Crippen molar-refractivity contribution in [3.8, 4) is 0 Å². The summed E-state index contributed by atoms with van der Waals surface area (Å²) in [5.41, 5.74) is 0.895. The Bertz CT molecular complexity index is 505. The minimum atomic E-state index is 0.895. The van der Waals surface area contributed by atoms with Gasteiger partial charge in [0, 0.05) is 24.7 Å². The van der Waals surface area contributed by atoms with Gasteiger partial charge in [0.05, 0.1) is 5.39 Å². The summed E-state index contributed by atoms with van der Waals surface area (Å²) in [6.45, 7) is 0.998. The second-order valence-electron chi connectivity index (χ2n) is 3.29. The maximum atomic E-state index is 4.34. The first-order chi connectivity index (χ1) is 7.45. The first-order valence-electron chi connectivity index (χ1n) is 4.78. The molecule has 1 N–H and O–H groups in total. The number of rotatable bonds is 1. The van der Waals surface area contributed by atoms with Crippen molar-refractivity contribution in [2.45, 2.75) is 0 Å². The standard InChI is InChI=1S/C10H10N4S/c1-2-11-9-8(1)10(13-7-12-9)14-3-5-15-6-4-14/h1-3,5,7H,4,6H2,(H,11,12,13). The van der Waals surface area contributed by atoms with E-state index in [9.17, 15) is 0 Å². The fourth-order valence-electron chi connectivity index (χ4n) is 1.67. The van der Waals surface area contributed by atoms with Crippen molar-refractivity contribution in [1.29, 1.82) is 0 Å². The Labute approximate surface area is 91.4 Å². The summed E-state index contributed by atoms with van der Waals surface area (Å²) in [5, 5.41) is 3.18. The smallest absolute Gasteiger partial charge is 0.145 e. The lowest BCUT2D eigenvalue weighted by atomic mass is 10.3. The Morgan fingerprint density at radius 3 is 3.27 bits per heavy atom. The van der Waals surface area contributed by atoms with Crippen LogP contribution in [0, 0.1) is 0 Å². The van der Waals surface area contributed by atoms with E-state index in [4.69, 9.17) is 0 Å². The average molecular weight is 218 g/mol. The number of fused-ring (bicyclic) bond motifs is 1. The summed E-state index contributed by atoms with van der Waals surface area (Å²) in [7, 11) is 0. The molecule has 3 heterocycles. The van der Waals surface area contributed by atoms with E-state index in [2.05, 4.69) is 31.5 Å². The van der Waals surface area contributed by atoms with Crippen LogP contribution < -0.4 is 4.90 Å². The van der Waals surface area contributed by atoms with E-state index >= 15 is 0 Å². The molecule has 2 aromatic rings. The minimum Gasteiger partial charge on any atom is -0.346 e. The molecule has 0 unspecified atom stereocenters. The zero-order chi connectivity index (χ0) is 10.1. The van der Waals surface area contributed by atoms with Gasteiger partial charge in [-0.3, -0.25) is 0 Å². The van der Waals surface area contributed by atoms with Gasteiger partial charge in [0.1, 0.15) is 17.8 Å². The number of nitrogens with one attached hydrogen (secondary N) is 1. The first-order valence-corrected chi connectivity index (χ1v) is 5.83. The van der Waals surface area contributed by atoms with Crippen LogP contribution in [0.4, 0.5) is 5.82 Å². The Kier molecular flexibility index (Phi) is 2.10. The Balaban J connectivity index is 2.13. The molecule has 0 aromatic carbocycles. The van der Waals surface area contributed by atoms with Crippen LogP contribution in [-0.4, -0.2) is 27.2 Å². The first kappa shape index (κ1) is 8.79. The van der Waals surface area contributed by atoms with Gasteiger partial charge in [0.2, 0.25) is 0 Å². The topological polar surface area (TPSA) is 44.8 Å². The van der Waals surface area contributed by atoms with Gasteiger partial charge in [-0.1, -0.05) is 0 Å². The molecule has 3 rings (SSSR count). The van der Waals surface area contributed by atoms with Crippen LogP contribution in [0.5, 0.6) is 0 Å². The molecule has 0 aliphatic carbocycles. The SMILES string of the molecule is C1=CN(c2ncnc3[nH]ccc23)CCS1. The number of H-pyrrole nitrogens is 1. The van der Waals surface area contributed by atoms with Crippen LogP contribution in [0.25, 0.3) is 11.0 Å². The molecular formula is C10H10N4S. The zero-order valence-electron chi connectivity index (χ0n) is 8.05. The van der Waals surface area contributed by atoms with Crippen molar-refractivity contribution in [2.24, 2.45) is 0 Å². The van der Waals surface area contributed by atoms with Gasteiger partial charge in [-0.25, -0.2) is 9.97 Å². The van der Waals surface area contributed by atoms with Crippen LogP contribution in [0.3, 0.4) is 0 Å². The molecule has 0 spiro atoms. The predicted molar refractivity (Wildman–Crippen MR) is 62.8 cm³/mol. The van der Waals surface area contributed by atoms with Gasteiger partial charge in [-0.15, -0.1) is 11.8 Å². The largest absolute Gasteiger partial charge is 0.346 e. The van der Waals surface area contributed by atoms with Gasteiger partial charge < -0.3 is 9.88 Å². The normalized spacial score (nSPS) is 16.1. The number of anilines is 1. The maximum absolute atomic E-state index is 4.34. The summed E-state index contributed by atoms with van der Waals surface area (Å²) in [4.78, 5) is 13.8. The molecule has 1 aliphatic heterocycles. The van der Waals surface area contributed by atoms with Crippen molar-refractivity contribution >= 4 is 28.6 Å². The van der Waals surface area contributed by atoms with Crippen LogP contribution in [0.1, 0.15) is 0 Å². The molecule has 5 heteroatoms. The highest BCUT2D eigenvalue weighted by atomic mass is 32.2. The Hall–Kier alpha value is -1.49. The lowest BCUT2D eigenvalue weighted by Crippen LogP contribution is -2.22. The highest BCUT2D eigenvalue weighted by Crippen LogP contribution is 2.24. The summed E-state index contributed by atoms with van der Waals surface area (Å²) in [6, 6.07) is 2.01. The molecule has 0 saturated heterocycles. The van der Waals surface area contributed by atoms with E-state index in [1.807, 2.05) is 24.0 Å². The van der Waals surface area contributed by atoms with E-state index in [0.29, 0.717) is 0 Å². The third kappa shape index (κ3) is 1.48. The highest BCUT2D eigenvalue weighted by molar-refractivity contribution is 8.02. The number of hydrogen-bond donors (Lipinski definition) is 1. The van der Waals surface area contributed by atoms with Gasteiger partial charge in [0.25, 0.3) is 0 Å². The van der Waals surface area contributed by atoms with Crippen molar-refractivity contribution < 1.29 is 0 Å². The van der Waals surface area contributed by atoms with E-state index in [-0.39, 0.29) is 0 Å². The summed E-state index contributed by atoms with van der Waals surface area (Å²) >= 11 is 1.83. The monoisotopic (exact) mass is 218 g/mol. The molecule has 1 aliphatic rings. The van der Waals surface area contributed by atoms with E-state index in [1.54, 1.807) is 6.33 Å². The van der Waals surface area contributed by atoms with Gasteiger partial charge >= 0.3 is 0 Å². The van der Waals surface area contributed by atoms with Crippen LogP contribution >= 0.6 is 11.8 Å². The molecule has 76 valence electrons. The Morgan fingerprint density at radius 1 is 1.40 bits per heavy atom. The average Bonchev–Trinajstić information content (AvgIpc) is 2.78. The summed E-state index contributed by atoms with van der Waals surface area (Å²) in [6.07, 6.45) is 5.57. The molecule has 0 amide bonds. The minimum absolute atomic E-state index is 0.895. The second-order valence-corrected chi connectivity index (χ2v) is 4.30. The van der Waals surface area contributed by atoms with E-state index in [0.717, 1.165) is 29.1 Å². The molecule has 2 aromatic heterocycles. The molecule has 0 bridgehead atoms. The van der Waals surface area contributed by atoms with Gasteiger partial charge in [-0.2, -0.15) is 0 Å².